The summed E-state index contributed by atoms with van der Waals surface area (Å²) in [6.07, 6.45) is 0. The highest BCUT2D eigenvalue weighted by molar-refractivity contribution is 9.10. The summed E-state index contributed by atoms with van der Waals surface area (Å²) in [7, 11) is 0. The zero-order valence-corrected chi connectivity index (χ0v) is 15.5. The van der Waals surface area contributed by atoms with Crippen molar-refractivity contribution in [1.82, 2.24) is 15.0 Å². The summed E-state index contributed by atoms with van der Waals surface area (Å²) in [5.74, 6) is 0.347. The third-order valence-electron chi connectivity index (χ3n) is 3.56. The molecule has 2 aromatic carbocycles. The lowest BCUT2D eigenvalue weighted by Gasteiger charge is -2.18. The molecule has 0 saturated heterocycles. The van der Waals surface area contributed by atoms with Crippen LogP contribution in [0, 0.1) is 11.2 Å². The summed E-state index contributed by atoms with van der Waals surface area (Å²) in [5.41, 5.74) is 2.30. The van der Waals surface area contributed by atoms with Crippen molar-refractivity contribution in [1.29, 1.82) is 0 Å². The van der Waals surface area contributed by atoms with E-state index < -0.39 is 0 Å². The Labute approximate surface area is 148 Å². The van der Waals surface area contributed by atoms with E-state index in [0.717, 1.165) is 22.1 Å². The van der Waals surface area contributed by atoms with E-state index in [1.165, 1.54) is 6.07 Å². The molecule has 0 radical (unpaired) electrons. The van der Waals surface area contributed by atoms with Gasteiger partial charge in [-0.25, -0.2) is 9.07 Å². The van der Waals surface area contributed by atoms with Crippen LogP contribution in [0.1, 0.15) is 26.3 Å². The van der Waals surface area contributed by atoms with E-state index in [4.69, 9.17) is 4.74 Å². The third kappa shape index (κ3) is 3.59. The monoisotopic (exact) mass is 391 g/mol. The molecule has 3 aromatic rings. The van der Waals surface area contributed by atoms with Gasteiger partial charge in [0.1, 0.15) is 23.7 Å². The van der Waals surface area contributed by atoms with Gasteiger partial charge in [-0.15, -0.1) is 5.10 Å². The third-order valence-corrected chi connectivity index (χ3v) is 4.32. The number of hydrogen-bond acceptors (Lipinski definition) is 3. The summed E-state index contributed by atoms with van der Waals surface area (Å²) < 4.78 is 22.1. The molecule has 0 amide bonds. The number of halogens is 2. The molecule has 0 aliphatic heterocycles. The van der Waals surface area contributed by atoms with Crippen LogP contribution < -0.4 is 4.74 Å². The van der Waals surface area contributed by atoms with Gasteiger partial charge in [-0.3, -0.25) is 0 Å². The van der Waals surface area contributed by atoms with Gasteiger partial charge in [0.05, 0.1) is 9.99 Å². The Balaban J connectivity index is 1.86. The van der Waals surface area contributed by atoms with Gasteiger partial charge in [-0.2, -0.15) is 0 Å². The average Bonchev–Trinajstić information content (AvgIpc) is 2.90. The largest absolute Gasteiger partial charge is 0.488 e. The molecule has 3 rings (SSSR count). The molecule has 0 saturated carbocycles. The van der Waals surface area contributed by atoms with E-state index in [2.05, 4.69) is 47.0 Å². The first kappa shape index (κ1) is 16.9. The minimum absolute atomic E-state index is 0.104. The number of ether oxygens (including phenoxy) is 1. The molecule has 126 valence electrons. The zero-order chi connectivity index (χ0) is 17.3. The molecular weight excluding hydrogens is 373 g/mol. The molecule has 0 atom stereocenters. The smallest absolute Gasteiger partial charge is 0.136 e. The number of rotatable bonds is 4. The summed E-state index contributed by atoms with van der Waals surface area (Å²) >= 11 is 3.53. The molecule has 4 nitrogen and oxygen atoms in total. The Hall–Kier alpha value is -1.95. The predicted molar refractivity (Wildman–Crippen MR) is 95.4 cm³/mol. The lowest BCUT2D eigenvalue weighted by atomic mass is 9.97. The van der Waals surface area contributed by atoms with Crippen LogP contribution in [0.3, 0.4) is 0 Å². The molecule has 0 aliphatic rings. The van der Waals surface area contributed by atoms with E-state index in [-0.39, 0.29) is 17.8 Å². The molecule has 0 spiro atoms. The Morgan fingerprint density at radius 2 is 1.92 bits per heavy atom. The van der Waals surface area contributed by atoms with Gasteiger partial charge in [-0.1, -0.05) is 44.2 Å². The fourth-order valence-corrected chi connectivity index (χ4v) is 2.96. The van der Waals surface area contributed by atoms with E-state index >= 15 is 0 Å². The van der Waals surface area contributed by atoms with Crippen molar-refractivity contribution >= 4 is 27.0 Å². The van der Waals surface area contributed by atoms with Gasteiger partial charge in [0, 0.05) is 12.1 Å². The van der Waals surface area contributed by atoms with Crippen LogP contribution in [0.25, 0.3) is 11.0 Å². The topological polar surface area (TPSA) is 39.9 Å². The molecular formula is C18H19BrFN3O. The van der Waals surface area contributed by atoms with Crippen LogP contribution in [-0.4, -0.2) is 15.0 Å². The van der Waals surface area contributed by atoms with Crippen molar-refractivity contribution < 1.29 is 9.13 Å². The van der Waals surface area contributed by atoms with Crippen molar-refractivity contribution in [3.8, 4) is 5.75 Å². The second-order valence-corrected chi connectivity index (χ2v) is 7.73. The van der Waals surface area contributed by atoms with Crippen LogP contribution in [0.4, 0.5) is 4.39 Å². The molecule has 0 bridgehead atoms. The van der Waals surface area contributed by atoms with Crippen LogP contribution in [0.15, 0.2) is 40.9 Å². The van der Waals surface area contributed by atoms with Gasteiger partial charge in [0.15, 0.2) is 0 Å². The molecule has 0 fully saturated rings. The molecule has 1 heterocycles. The Morgan fingerprint density at radius 1 is 1.17 bits per heavy atom. The lowest BCUT2D eigenvalue weighted by Crippen LogP contribution is -2.16. The van der Waals surface area contributed by atoms with Crippen LogP contribution in [-0.2, 0) is 13.2 Å². The number of nitrogens with zero attached hydrogens (tertiary/aromatic N) is 3. The van der Waals surface area contributed by atoms with Gasteiger partial charge < -0.3 is 4.74 Å². The number of fused-ring (bicyclic) bond motifs is 1. The maximum absolute atomic E-state index is 13.7. The van der Waals surface area contributed by atoms with Crippen LogP contribution in [0.5, 0.6) is 5.75 Å². The fraction of sp³-hybridized carbons (Fsp3) is 0.333. The van der Waals surface area contributed by atoms with Gasteiger partial charge >= 0.3 is 0 Å². The second kappa shape index (κ2) is 6.51. The maximum atomic E-state index is 13.7. The first-order valence-electron chi connectivity index (χ1n) is 7.73. The van der Waals surface area contributed by atoms with Gasteiger partial charge in [-0.05, 0) is 39.5 Å². The molecule has 0 aliphatic carbocycles. The summed E-state index contributed by atoms with van der Waals surface area (Å²) in [6.45, 7) is 7.39. The quantitative estimate of drug-likeness (QED) is 0.630. The minimum atomic E-state index is -0.272. The van der Waals surface area contributed by atoms with E-state index in [9.17, 15) is 4.39 Å². The minimum Gasteiger partial charge on any atom is -0.488 e. The summed E-state index contributed by atoms with van der Waals surface area (Å²) in [6, 6.07) is 10.4. The number of hydrogen-bond donors (Lipinski definition) is 0. The lowest BCUT2D eigenvalue weighted by molar-refractivity contribution is 0.298. The van der Waals surface area contributed by atoms with Gasteiger partial charge in [0.25, 0.3) is 0 Å². The van der Waals surface area contributed by atoms with Crippen molar-refractivity contribution in [2.75, 3.05) is 0 Å². The second-order valence-electron chi connectivity index (χ2n) is 6.93. The van der Waals surface area contributed by atoms with Crippen LogP contribution in [0.2, 0.25) is 0 Å². The fourth-order valence-electron chi connectivity index (χ4n) is 2.43. The first-order valence-corrected chi connectivity index (χ1v) is 8.52. The van der Waals surface area contributed by atoms with E-state index in [1.54, 1.807) is 18.2 Å². The van der Waals surface area contributed by atoms with Crippen molar-refractivity contribution in [3.05, 3.63) is 52.3 Å². The highest BCUT2D eigenvalue weighted by Crippen LogP contribution is 2.33. The highest BCUT2D eigenvalue weighted by Gasteiger charge is 2.17. The standard InChI is InChI=1S/C18H19BrFN3O/c1-18(2,3)11-23-14-8-9-15(16(19)17(14)21-22-23)24-10-12-6-4-5-7-13(12)20/h4-9H,10-11H2,1-3H3. The maximum Gasteiger partial charge on any atom is 0.136 e. The number of aromatic nitrogens is 3. The average molecular weight is 392 g/mol. The van der Waals surface area contributed by atoms with Crippen LogP contribution >= 0.6 is 15.9 Å². The van der Waals surface area contributed by atoms with Crippen molar-refractivity contribution in [2.45, 2.75) is 33.9 Å². The summed E-state index contributed by atoms with van der Waals surface area (Å²) in [5, 5.41) is 8.48. The molecule has 0 unspecified atom stereocenters. The predicted octanol–water partition coefficient (Wildman–Crippen LogP) is 4.96. The normalized spacial score (nSPS) is 11.9. The summed E-state index contributed by atoms with van der Waals surface area (Å²) in [4.78, 5) is 0. The molecule has 0 N–H and O–H groups in total. The zero-order valence-electron chi connectivity index (χ0n) is 13.9. The Morgan fingerprint density at radius 3 is 2.62 bits per heavy atom. The van der Waals surface area contributed by atoms with E-state index in [1.807, 2.05) is 16.8 Å². The van der Waals surface area contributed by atoms with Crippen molar-refractivity contribution in [2.24, 2.45) is 5.41 Å². The SMILES string of the molecule is CC(C)(C)Cn1nnc2c(Br)c(OCc3ccccc3F)ccc21. The Kier molecular flexibility index (Phi) is 4.58. The first-order chi connectivity index (χ1) is 11.3. The molecule has 1 aromatic heterocycles. The number of benzene rings is 2. The Bertz CT molecular complexity index is 870. The van der Waals surface area contributed by atoms with E-state index in [0.29, 0.717) is 11.3 Å². The molecule has 6 heteroatoms. The highest BCUT2D eigenvalue weighted by atomic mass is 79.9. The van der Waals surface area contributed by atoms with Gasteiger partial charge in [0.2, 0.25) is 0 Å². The molecule has 24 heavy (non-hydrogen) atoms. The van der Waals surface area contributed by atoms with Crippen molar-refractivity contribution in [3.63, 3.8) is 0 Å².